The molecule has 0 bridgehead atoms. The van der Waals surface area contributed by atoms with E-state index in [0.717, 1.165) is 11.3 Å². The highest BCUT2D eigenvalue weighted by Crippen LogP contribution is 2.36. The van der Waals surface area contributed by atoms with Crippen LogP contribution in [0.4, 0.5) is 18.9 Å². The lowest BCUT2D eigenvalue weighted by molar-refractivity contribution is -0.137. The van der Waals surface area contributed by atoms with Gasteiger partial charge in [0.15, 0.2) is 5.69 Å². The van der Waals surface area contributed by atoms with E-state index in [2.05, 4.69) is 20.4 Å². The lowest BCUT2D eigenvalue weighted by Crippen LogP contribution is -2.05. The van der Waals surface area contributed by atoms with E-state index in [0.29, 0.717) is 18.7 Å². The average Bonchev–Trinajstić information content (AvgIpc) is 2.78. The number of hydrogen-bond acceptors (Lipinski definition) is 5. The number of alkyl halides is 3. The van der Waals surface area contributed by atoms with Crippen molar-refractivity contribution in [2.45, 2.75) is 26.4 Å². The van der Waals surface area contributed by atoms with Crippen LogP contribution in [0.1, 0.15) is 23.7 Å². The number of hydrogen-bond donors (Lipinski definition) is 1. The summed E-state index contributed by atoms with van der Waals surface area (Å²) in [5, 5.41) is 9.09. The van der Waals surface area contributed by atoms with Gasteiger partial charge in [0.25, 0.3) is 5.88 Å². The van der Waals surface area contributed by atoms with Crippen LogP contribution in [0.5, 0.6) is 11.8 Å². The summed E-state index contributed by atoms with van der Waals surface area (Å²) in [5.41, 5.74) is -0.0977. The largest absolute Gasteiger partial charge is 0.417 e. The van der Waals surface area contributed by atoms with Crippen LogP contribution in [-0.4, -0.2) is 15.2 Å². The summed E-state index contributed by atoms with van der Waals surface area (Å²) >= 11 is 0. The molecule has 1 N–H and O–H groups in total. The van der Waals surface area contributed by atoms with E-state index in [1.165, 1.54) is 0 Å². The van der Waals surface area contributed by atoms with Gasteiger partial charge in [-0.25, -0.2) is 4.98 Å². The van der Waals surface area contributed by atoms with Crippen molar-refractivity contribution in [3.63, 3.8) is 0 Å². The summed E-state index contributed by atoms with van der Waals surface area (Å²) in [7, 11) is 0. The van der Waals surface area contributed by atoms with Crippen molar-refractivity contribution in [3.8, 4) is 11.8 Å². The molecular weight excluding hydrogens is 289 g/mol. The van der Waals surface area contributed by atoms with E-state index in [9.17, 15) is 18.1 Å². The Morgan fingerprint density at radius 1 is 1.38 bits per heavy atom. The molecule has 9 heteroatoms. The van der Waals surface area contributed by atoms with Crippen molar-refractivity contribution >= 4 is 5.69 Å². The lowest BCUT2D eigenvalue weighted by Gasteiger charge is -2.09. The summed E-state index contributed by atoms with van der Waals surface area (Å²) in [6.45, 7) is 3.64. The molecular formula is C12H11F3N4O2. The van der Waals surface area contributed by atoms with Crippen LogP contribution in [-0.2, 0) is 12.6 Å². The van der Waals surface area contributed by atoms with E-state index in [1.807, 2.05) is 6.92 Å². The minimum Gasteiger partial charge on any atom is -0.416 e. The molecule has 2 aromatic rings. The van der Waals surface area contributed by atoms with Crippen LogP contribution in [0.3, 0.4) is 0 Å². The van der Waals surface area contributed by atoms with Gasteiger partial charge < -0.3 is 4.74 Å². The molecule has 0 amide bonds. The number of pyridine rings is 1. The van der Waals surface area contributed by atoms with Gasteiger partial charge in [0, 0.05) is 17.5 Å². The number of nitrogens with zero attached hydrogens (tertiary/aromatic N) is 3. The fraction of sp³-hybridized carbons (Fsp3) is 0.333. The number of nitroso groups, excluding NO2 is 1. The molecule has 2 aromatic heterocycles. The Bertz CT molecular complexity index is 667. The maximum Gasteiger partial charge on any atom is 0.417 e. The Balaban J connectivity index is 2.38. The summed E-state index contributed by atoms with van der Waals surface area (Å²) in [5.74, 6) is -0.161. The molecule has 0 saturated carbocycles. The SMILES string of the molecule is CCc1c(Oc2ncc(C(F)(F)F)cc2N=O)n[nH]c1C. The molecule has 0 atom stereocenters. The molecule has 0 aliphatic carbocycles. The highest BCUT2D eigenvalue weighted by molar-refractivity contribution is 5.50. The maximum absolute atomic E-state index is 12.5. The minimum absolute atomic E-state index is 0.159. The topological polar surface area (TPSA) is 80.2 Å². The third-order valence-corrected chi connectivity index (χ3v) is 2.84. The fourth-order valence-corrected chi connectivity index (χ4v) is 1.76. The number of aromatic amines is 1. The second-order valence-corrected chi connectivity index (χ2v) is 4.23. The van der Waals surface area contributed by atoms with Crippen molar-refractivity contribution in [3.05, 3.63) is 34.0 Å². The fourth-order valence-electron chi connectivity index (χ4n) is 1.76. The van der Waals surface area contributed by atoms with Crippen LogP contribution >= 0.6 is 0 Å². The van der Waals surface area contributed by atoms with Gasteiger partial charge in [0.2, 0.25) is 5.88 Å². The zero-order valence-electron chi connectivity index (χ0n) is 11.2. The first-order valence-electron chi connectivity index (χ1n) is 5.99. The van der Waals surface area contributed by atoms with Crippen LogP contribution in [0.2, 0.25) is 0 Å². The standard InChI is InChI=1S/C12H11F3N4O2/c1-3-8-6(2)17-18-10(8)21-11-9(19-20)4-7(5-16-11)12(13,14)15/h4-5H,3H2,1-2H3,(H,17,18). The molecule has 2 rings (SSSR count). The van der Waals surface area contributed by atoms with Gasteiger partial charge in [-0.2, -0.15) is 13.2 Å². The van der Waals surface area contributed by atoms with Crippen molar-refractivity contribution in [1.29, 1.82) is 0 Å². The Morgan fingerprint density at radius 2 is 2.10 bits per heavy atom. The third kappa shape index (κ3) is 3.01. The molecule has 0 saturated heterocycles. The zero-order chi connectivity index (χ0) is 15.6. The first-order chi connectivity index (χ1) is 9.86. The number of H-pyrrole nitrogens is 1. The Hall–Kier alpha value is -2.45. The third-order valence-electron chi connectivity index (χ3n) is 2.84. The smallest absolute Gasteiger partial charge is 0.416 e. The van der Waals surface area contributed by atoms with Crippen molar-refractivity contribution in [2.24, 2.45) is 5.18 Å². The summed E-state index contributed by atoms with van der Waals surface area (Å²) in [4.78, 5) is 14.2. The second-order valence-electron chi connectivity index (χ2n) is 4.23. The first kappa shape index (κ1) is 14.9. The Kier molecular flexibility index (Phi) is 3.92. The van der Waals surface area contributed by atoms with Gasteiger partial charge in [-0.05, 0) is 24.6 Å². The number of ether oxygens (including phenoxy) is 1. The summed E-state index contributed by atoms with van der Waals surface area (Å²) in [6, 6.07) is 0.584. The molecule has 0 fully saturated rings. The van der Waals surface area contributed by atoms with Gasteiger partial charge >= 0.3 is 6.18 Å². The monoisotopic (exact) mass is 300 g/mol. The Labute approximate surface area is 117 Å². The molecule has 0 spiro atoms. The minimum atomic E-state index is -4.61. The van der Waals surface area contributed by atoms with Crippen molar-refractivity contribution in [1.82, 2.24) is 15.2 Å². The number of halogens is 3. The molecule has 6 nitrogen and oxygen atoms in total. The van der Waals surface area contributed by atoms with Crippen molar-refractivity contribution in [2.75, 3.05) is 0 Å². The molecule has 0 aromatic carbocycles. The molecule has 0 aliphatic rings. The molecule has 0 unspecified atom stereocenters. The number of nitrogens with one attached hydrogen (secondary N) is 1. The lowest BCUT2D eigenvalue weighted by atomic mass is 10.2. The highest BCUT2D eigenvalue weighted by atomic mass is 19.4. The summed E-state index contributed by atoms with van der Waals surface area (Å²) < 4.78 is 42.9. The molecule has 21 heavy (non-hydrogen) atoms. The second kappa shape index (κ2) is 5.51. The molecule has 0 radical (unpaired) electrons. The van der Waals surface area contributed by atoms with Gasteiger partial charge in [-0.3, -0.25) is 5.10 Å². The molecule has 2 heterocycles. The van der Waals surface area contributed by atoms with E-state index < -0.39 is 17.4 Å². The number of aryl methyl sites for hydroxylation is 1. The van der Waals surface area contributed by atoms with Crippen LogP contribution in [0.15, 0.2) is 17.4 Å². The van der Waals surface area contributed by atoms with E-state index in [-0.39, 0.29) is 11.8 Å². The van der Waals surface area contributed by atoms with Gasteiger partial charge in [0.05, 0.1) is 5.56 Å². The quantitative estimate of drug-likeness (QED) is 0.869. The number of aromatic nitrogens is 3. The zero-order valence-corrected chi connectivity index (χ0v) is 11.2. The normalized spacial score (nSPS) is 11.5. The maximum atomic E-state index is 12.5. The summed E-state index contributed by atoms with van der Waals surface area (Å²) in [6.07, 6.45) is -3.43. The Morgan fingerprint density at radius 3 is 2.67 bits per heavy atom. The van der Waals surface area contributed by atoms with E-state index >= 15 is 0 Å². The molecule has 112 valence electrons. The molecule has 0 aliphatic heterocycles. The van der Waals surface area contributed by atoms with E-state index in [1.54, 1.807) is 6.92 Å². The van der Waals surface area contributed by atoms with Crippen LogP contribution < -0.4 is 4.74 Å². The van der Waals surface area contributed by atoms with Crippen LogP contribution in [0.25, 0.3) is 0 Å². The predicted molar refractivity (Wildman–Crippen MR) is 67.5 cm³/mol. The van der Waals surface area contributed by atoms with Gasteiger partial charge in [-0.1, -0.05) is 6.92 Å². The predicted octanol–water partition coefficient (Wildman–Crippen LogP) is 3.88. The average molecular weight is 300 g/mol. The van der Waals surface area contributed by atoms with Gasteiger partial charge in [0.1, 0.15) is 0 Å². The van der Waals surface area contributed by atoms with Crippen molar-refractivity contribution < 1.29 is 17.9 Å². The first-order valence-corrected chi connectivity index (χ1v) is 5.99. The van der Waals surface area contributed by atoms with E-state index in [4.69, 9.17) is 4.74 Å². The number of rotatable bonds is 4. The van der Waals surface area contributed by atoms with Gasteiger partial charge in [-0.15, -0.1) is 10.0 Å². The highest BCUT2D eigenvalue weighted by Gasteiger charge is 2.32. The van der Waals surface area contributed by atoms with Crippen LogP contribution in [0, 0.1) is 11.8 Å².